The zero-order chi connectivity index (χ0) is 19.6. The molecule has 7 heteroatoms. The maximum atomic E-state index is 13.0. The fourth-order valence-electron chi connectivity index (χ4n) is 3.20. The Hall–Kier alpha value is -3.22. The number of hydrogen-bond donors (Lipinski definition) is 1. The van der Waals surface area contributed by atoms with Crippen molar-refractivity contribution in [1.82, 2.24) is 4.90 Å². The molecular formula is C20H21NO6. The van der Waals surface area contributed by atoms with Crippen molar-refractivity contribution in [3.8, 4) is 17.2 Å². The van der Waals surface area contributed by atoms with Gasteiger partial charge in [0.05, 0.1) is 26.9 Å². The fourth-order valence-corrected chi connectivity index (χ4v) is 3.20. The van der Waals surface area contributed by atoms with E-state index < -0.39 is 5.97 Å². The number of esters is 1. The minimum Gasteiger partial charge on any atom is -0.508 e. The van der Waals surface area contributed by atoms with Crippen LogP contribution in [0.25, 0.3) is 0 Å². The monoisotopic (exact) mass is 371 g/mol. The van der Waals surface area contributed by atoms with Gasteiger partial charge >= 0.3 is 5.97 Å². The Bertz CT molecular complexity index is 892. The van der Waals surface area contributed by atoms with Crippen molar-refractivity contribution >= 4 is 11.9 Å². The third-order valence-electron chi connectivity index (χ3n) is 4.65. The number of carbonyl (C=O) groups excluding carboxylic acids is 2. The number of nitrogens with zero attached hydrogens (tertiary/aromatic N) is 1. The third-order valence-corrected chi connectivity index (χ3v) is 4.65. The van der Waals surface area contributed by atoms with E-state index in [-0.39, 0.29) is 17.2 Å². The van der Waals surface area contributed by atoms with E-state index in [1.807, 2.05) is 6.07 Å². The van der Waals surface area contributed by atoms with Crippen LogP contribution in [-0.2, 0) is 17.7 Å². The van der Waals surface area contributed by atoms with Crippen molar-refractivity contribution in [1.29, 1.82) is 0 Å². The molecule has 142 valence electrons. The number of amides is 1. The van der Waals surface area contributed by atoms with Crippen LogP contribution in [0.2, 0.25) is 0 Å². The van der Waals surface area contributed by atoms with E-state index in [0.29, 0.717) is 42.1 Å². The van der Waals surface area contributed by atoms with E-state index in [9.17, 15) is 14.7 Å². The maximum absolute atomic E-state index is 13.0. The van der Waals surface area contributed by atoms with E-state index >= 15 is 0 Å². The van der Waals surface area contributed by atoms with Gasteiger partial charge in [0.25, 0.3) is 5.91 Å². The summed E-state index contributed by atoms with van der Waals surface area (Å²) in [6.45, 7) is 0.792. The molecule has 0 bridgehead atoms. The van der Waals surface area contributed by atoms with E-state index in [2.05, 4.69) is 4.74 Å². The lowest BCUT2D eigenvalue weighted by Crippen LogP contribution is -2.37. The van der Waals surface area contributed by atoms with Crippen molar-refractivity contribution in [2.45, 2.75) is 13.0 Å². The molecule has 1 heterocycles. The molecule has 0 unspecified atom stereocenters. The van der Waals surface area contributed by atoms with Crippen LogP contribution < -0.4 is 9.47 Å². The van der Waals surface area contributed by atoms with Crippen molar-refractivity contribution in [3.63, 3.8) is 0 Å². The van der Waals surface area contributed by atoms with Gasteiger partial charge in [-0.1, -0.05) is 0 Å². The van der Waals surface area contributed by atoms with Gasteiger partial charge in [-0.05, 0) is 30.7 Å². The molecule has 0 aromatic heterocycles. The number of hydrogen-bond acceptors (Lipinski definition) is 6. The standard InChI is InChI=1S/C20H21NO6/c1-25-14-5-4-12(18(10-14)26-2)11-21-7-6-15-16(19(21)23)8-13(9-17(15)22)20(24)27-3/h4-5,8-10,22H,6-7,11H2,1-3H3. The highest BCUT2D eigenvalue weighted by atomic mass is 16.5. The van der Waals surface area contributed by atoms with Gasteiger partial charge in [0, 0.05) is 35.8 Å². The number of phenols is 1. The molecule has 0 atom stereocenters. The zero-order valence-corrected chi connectivity index (χ0v) is 15.4. The molecule has 0 radical (unpaired) electrons. The average Bonchev–Trinajstić information content (AvgIpc) is 2.69. The second kappa shape index (κ2) is 7.57. The molecule has 1 aliphatic heterocycles. The highest BCUT2D eigenvalue weighted by Crippen LogP contribution is 2.32. The zero-order valence-electron chi connectivity index (χ0n) is 15.4. The van der Waals surface area contributed by atoms with Crippen LogP contribution in [0, 0.1) is 0 Å². The lowest BCUT2D eigenvalue weighted by Gasteiger charge is -2.29. The SMILES string of the molecule is COC(=O)c1cc(O)c2c(c1)C(=O)N(Cc1ccc(OC)cc1OC)CC2. The van der Waals surface area contributed by atoms with Gasteiger partial charge in [0.15, 0.2) is 0 Å². The first-order valence-corrected chi connectivity index (χ1v) is 8.42. The first-order chi connectivity index (χ1) is 13.0. The van der Waals surface area contributed by atoms with E-state index in [1.54, 1.807) is 31.3 Å². The lowest BCUT2D eigenvalue weighted by atomic mass is 9.95. The summed E-state index contributed by atoms with van der Waals surface area (Å²) in [6.07, 6.45) is 0.493. The van der Waals surface area contributed by atoms with Crippen LogP contribution >= 0.6 is 0 Å². The molecule has 0 spiro atoms. The van der Waals surface area contributed by atoms with Crippen LogP contribution in [0.1, 0.15) is 31.8 Å². The number of methoxy groups -OCH3 is 3. The summed E-state index contributed by atoms with van der Waals surface area (Å²) in [7, 11) is 4.39. The Morgan fingerprint density at radius 1 is 1.15 bits per heavy atom. The van der Waals surface area contributed by atoms with Crippen LogP contribution in [0.5, 0.6) is 17.2 Å². The minimum absolute atomic E-state index is 0.0667. The van der Waals surface area contributed by atoms with Crippen molar-refractivity contribution in [2.24, 2.45) is 0 Å². The van der Waals surface area contributed by atoms with E-state index in [4.69, 9.17) is 9.47 Å². The molecule has 27 heavy (non-hydrogen) atoms. The Morgan fingerprint density at radius 2 is 1.93 bits per heavy atom. The number of fused-ring (bicyclic) bond motifs is 1. The summed E-state index contributed by atoms with van der Waals surface area (Å²) in [6, 6.07) is 8.23. The Kier molecular flexibility index (Phi) is 5.21. The average molecular weight is 371 g/mol. The summed E-state index contributed by atoms with van der Waals surface area (Å²) >= 11 is 0. The number of benzene rings is 2. The highest BCUT2D eigenvalue weighted by Gasteiger charge is 2.28. The fraction of sp³-hybridized carbons (Fsp3) is 0.300. The predicted molar refractivity (Wildman–Crippen MR) is 97.4 cm³/mol. The summed E-state index contributed by atoms with van der Waals surface area (Å²) in [5.74, 6) is 0.366. The molecule has 3 rings (SSSR count). The Balaban J connectivity index is 1.91. The molecule has 2 aromatic rings. The first kappa shape index (κ1) is 18.6. The number of rotatable bonds is 5. The third kappa shape index (κ3) is 3.53. The second-order valence-corrected chi connectivity index (χ2v) is 6.17. The molecule has 0 fully saturated rings. The number of carbonyl (C=O) groups is 2. The Morgan fingerprint density at radius 3 is 2.59 bits per heavy atom. The largest absolute Gasteiger partial charge is 0.508 e. The van der Waals surface area contributed by atoms with Crippen LogP contribution in [-0.4, -0.2) is 49.8 Å². The van der Waals surface area contributed by atoms with Crippen LogP contribution in [0.4, 0.5) is 0 Å². The summed E-state index contributed by atoms with van der Waals surface area (Å²) in [5, 5.41) is 10.2. The van der Waals surface area contributed by atoms with Gasteiger partial charge in [-0.2, -0.15) is 0 Å². The quantitative estimate of drug-likeness (QED) is 0.813. The smallest absolute Gasteiger partial charge is 0.338 e. The molecular weight excluding hydrogens is 350 g/mol. The molecule has 0 saturated heterocycles. The maximum Gasteiger partial charge on any atom is 0.338 e. The van der Waals surface area contributed by atoms with Gasteiger partial charge in [-0.25, -0.2) is 4.79 Å². The van der Waals surface area contributed by atoms with E-state index in [0.717, 1.165) is 5.56 Å². The van der Waals surface area contributed by atoms with Gasteiger partial charge in [-0.3, -0.25) is 4.79 Å². The normalized spacial score (nSPS) is 13.1. The van der Waals surface area contributed by atoms with Gasteiger partial charge < -0.3 is 24.2 Å². The minimum atomic E-state index is -0.602. The van der Waals surface area contributed by atoms with Crippen molar-refractivity contribution in [2.75, 3.05) is 27.9 Å². The summed E-state index contributed by atoms with van der Waals surface area (Å²) < 4.78 is 15.3. The van der Waals surface area contributed by atoms with Gasteiger partial charge in [0.2, 0.25) is 0 Å². The molecule has 1 amide bonds. The molecule has 2 aromatic carbocycles. The molecule has 0 saturated carbocycles. The molecule has 0 aliphatic carbocycles. The van der Waals surface area contributed by atoms with Crippen LogP contribution in [0.15, 0.2) is 30.3 Å². The first-order valence-electron chi connectivity index (χ1n) is 8.42. The number of phenolic OH excluding ortho intramolecular Hbond substituents is 1. The van der Waals surface area contributed by atoms with Crippen molar-refractivity contribution in [3.05, 3.63) is 52.6 Å². The highest BCUT2D eigenvalue weighted by molar-refractivity contribution is 6.00. The summed E-state index contributed by atoms with van der Waals surface area (Å²) in [5.41, 5.74) is 1.84. The lowest BCUT2D eigenvalue weighted by molar-refractivity contribution is 0.0600. The number of ether oxygens (including phenoxy) is 3. The summed E-state index contributed by atoms with van der Waals surface area (Å²) in [4.78, 5) is 26.4. The van der Waals surface area contributed by atoms with E-state index in [1.165, 1.54) is 19.2 Å². The topological polar surface area (TPSA) is 85.3 Å². The molecule has 1 N–H and O–H groups in total. The Labute approximate surface area is 157 Å². The predicted octanol–water partition coefficient (Wildman–Crippen LogP) is 2.39. The van der Waals surface area contributed by atoms with Crippen LogP contribution in [0.3, 0.4) is 0 Å². The van der Waals surface area contributed by atoms with Gasteiger partial charge in [0.1, 0.15) is 17.2 Å². The molecule has 1 aliphatic rings. The second-order valence-electron chi connectivity index (χ2n) is 6.17. The molecule has 7 nitrogen and oxygen atoms in total. The van der Waals surface area contributed by atoms with Crippen molar-refractivity contribution < 1.29 is 28.9 Å². The number of aromatic hydroxyl groups is 1. The van der Waals surface area contributed by atoms with Gasteiger partial charge in [-0.15, -0.1) is 0 Å².